The number of benzene rings is 2. The number of ether oxygens (including phenoxy) is 1. The molecule has 3 aromatic rings. The summed E-state index contributed by atoms with van der Waals surface area (Å²) in [6.07, 6.45) is 1.94. The summed E-state index contributed by atoms with van der Waals surface area (Å²) in [5.74, 6) is 2.22. The van der Waals surface area contributed by atoms with E-state index in [-0.39, 0.29) is 18.1 Å². The normalized spacial score (nSPS) is 15.5. The number of fused-ring (bicyclic) bond motifs is 2. The molecule has 1 N–H and O–H groups in total. The van der Waals surface area contributed by atoms with E-state index in [0.29, 0.717) is 12.1 Å². The molecule has 2 aliphatic rings. The lowest BCUT2D eigenvalue weighted by Gasteiger charge is -2.20. The predicted molar refractivity (Wildman–Crippen MR) is 117 cm³/mol. The summed E-state index contributed by atoms with van der Waals surface area (Å²) in [4.78, 5) is 14.7. The van der Waals surface area contributed by atoms with Crippen molar-refractivity contribution < 1.29 is 13.9 Å². The quantitative estimate of drug-likeness (QED) is 0.643. The fourth-order valence-electron chi connectivity index (χ4n) is 4.38. The van der Waals surface area contributed by atoms with Crippen molar-refractivity contribution in [1.29, 1.82) is 0 Å². The van der Waals surface area contributed by atoms with Crippen LogP contribution in [-0.2, 0) is 43.7 Å². The molecule has 166 valence electrons. The van der Waals surface area contributed by atoms with Crippen LogP contribution >= 0.6 is 0 Å². The van der Waals surface area contributed by atoms with Crippen LogP contribution in [0.4, 0.5) is 4.39 Å². The Labute approximate surface area is 186 Å². The fourth-order valence-corrected chi connectivity index (χ4v) is 4.38. The first-order valence-electron chi connectivity index (χ1n) is 11.0. The Morgan fingerprint density at radius 2 is 2.00 bits per heavy atom. The van der Waals surface area contributed by atoms with Crippen LogP contribution in [0.1, 0.15) is 28.3 Å². The van der Waals surface area contributed by atoms with E-state index in [1.165, 1.54) is 23.3 Å². The van der Waals surface area contributed by atoms with Gasteiger partial charge in [-0.25, -0.2) is 4.39 Å². The first-order valence-corrected chi connectivity index (χ1v) is 11.0. The number of aromatic nitrogens is 3. The Kier molecular flexibility index (Phi) is 5.85. The van der Waals surface area contributed by atoms with E-state index in [1.807, 2.05) is 0 Å². The minimum absolute atomic E-state index is 0.137. The lowest BCUT2D eigenvalue weighted by molar-refractivity contribution is -0.120. The van der Waals surface area contributed by atoms with E-state index >= 15 is 0 Å². The molecule has 0 atom stereocenters. The number of amides is 1. The van der Waals surface area contributed by atoms with Crippen molar-refractivity contribution >= 4 is 5.91 Å². The molecule has 0 radical (unpaired) electrons. The fraction of sp³-hybridized carbons (Fsp3) is 0.375. The summed E-state index contributed by atoms with van der Waals surface area (Å²) in [6, 6.07) is 12.6. The Hall–Kier alpha value is -3.26. The zero-order valence-corrected chi connectivity index (χ0v) is 17.9. The Balaban J connectivity index is 1.17. The summed E-state index contributed by atoms with van der Waals surface area (Å²) in [6.45, 7) is 4.57. The Morgan fingerprint density at radius 1 is 1.06 bits per heavy atom. The second kappa shape index (κ2) is 9.08. The summed E-state index contributed by atoms with van der Waals surface area (Å²) >= 11 is 0. The van der Waals surface area contributed by atoms with Crippen molar-refractivity contribution in [2.75, 3.05) is 19.7 Å². The largest absolute Gasteiger partial charge is 0.493 e. The second-order valence-corrected chi connectivity index (χ2v) is 8.33. The van der Waals surface area contributed by atoms with Gasteiger partial charge in [-0.2, -0.15) is 0 Å². The highest BCUT2D eigenvalue weighted by Gasteiger charge is 2.20. The Morgan fingerprint density at radius 3 is 2.91 bits per heavy atom. The molecule has 0 unspecified atom stereocenters. The van der Waals surface area contributed by atoms with Crippen LogP contribution in [0.3, 0.4) is 0 Å². The Bertz CT molecular complexity index is 1130. The monoisotopic (exact) mass is 435 g/mol. The molecule has 2 aromatic carbocycles. The van der Waals surface area contributed by atoms with Crippen molar-refractivity contribution in [2.24, 2.45) is 0 Å². The van der Waals surface area contributed by atoms with Crippen molar-refractivity contribution in [3.05, 3.63) is 76.6 Å². The van der Waals surface area contributed by atoms with Crippen molar-refractivity contribution in [2.45, 2.75) is 38.9 Å². The molecule has 0 saturated carbocycles. The first kappa shape index (κ1) is 20.6. The molecule has 0 bridgehead atoms. The molecule has 5 rings (SSSR count). The van der Waals surface area contributed by atoms with E-state index in [4.69, 9.17) is 4.74 Å². The van der Waals surface area contributed by atoms with Gasteiger partial charge in [0.05, 0.1) is 19.6 Å². The molecule has 0 fully saturated rings. The van der Waals surface area contributed by atoms with Crippen molar-refractivity contribution in [1.82, 2.24) is 25.0 Å². The van der Waals surface area contributed by atoms with Gasteiger partial charge < -0.3 is 14.6 Å². The van der Waals surface area contributed by atoms with E-state index in [0.717, 1.165) is 63.0 Å². The third-order valence-electron chi connectivity index (χ3n) is 6.05. The van der Waals surface area contributed by atoms with Gasteiger partial charge in [-0.05, 0) is 34.9 Å². The average molecular weight is 436 g/mol. The number of hydrogen-bond acceptors (Lipinski definition) is 5. The molecule has 32 heavy (non-hydrogen) atoms. The second-order valence-electron chi connectivity index (χ2n) is 8.33. The van der Waals surface area contributed by atoms with Gasteiger partial charge in [0.15, 0.2) is 5.82 Å². The van der Waals surface area contributed by atoms with Gasteiger partial charge >= 0.3 is 0 Å². The molecule has 0 saturated heterocycles. The van der Waals surface area contributed by atoms with E-state index in [1.54, 1.807) is 12.1 Å². The SMILES string of the molecule is O=C(Cc1cccc(F)c1)NCc1nnc2n1CCN(Cc1ccc3c(c1)CCO3)CC2. The zero-order valence-electron chi connectivity index (χ0n) is 17.9. The van der Waals surface area contributed by atoms with Crippen molar-refractivity contribution in [3.8, 4) is 5.75 Å². The van der Waals surface area contributed by atoms with Gasteiger partial charge in [0.25, 0.3) is 0 Å². The number of rotatable bonds is 6. The van der Waals surface area contributed by atoms with Crippen LogP contribution in [0.15, 0.2) is 42.5 Å². The molecular formula is C24H26FN5O2. The minimum atomic E-state index is -0.337. The number of nitrogens with one attached hydrogen (secondary N) is 1. The van der Waals surface area contributed by atoms with Crippen LogP contribution < -0.4 is 10.1 Å². The summed E-state index contributed by atoms with van der Waals surface area (Å²) in [5, 5.41) is 11.5. The van der Waals surface area contributed by atoms with Gasteiger partial charge in [-0.3, -0.25) is 9.69 Å². The summed E-state index contributed by atoms with van der Waals surface area (Å²) in [7, 11) is 0. The maximum atomic E-state index is 13.3. The maximum absolute atomic E-state index is 13.3. The molecule has 0 aliphatic carbocycles. The highest BCUT2D eigenvalue weighted by molar-refractivity contribution is 5.78. The van der Waals surface area contributed by atoms with Gasteiger partial charge in [0.2, 0.25) is 5.91 Å². The highest BCUT2D eigenvalue weighted by atomic mass is 19.1. The van der Waals surface area contributed by atoms with Crippen molar-refractivity contribution in [3.63, 3.8) is 0 Å². The molecule has 3 heterocycles. The number of hydrogen-bond donors (Lipinski definition) is 1. The van der Waals surface area contributed by atoms with Gasteiger partial charge in [0, 0.05) is 39.0 Å². The molecule has 7 nitrogen and oxygen atoms in total. The van der Waals surface area contributed by atoms with Gasteiger partial charge in [-0.1, -0.05) is 24.3 Å². The van der Waals surface area contributed by atoms with Crippen LogP contribution in [0.2, 0.25) is 0 Å². The summed E-state index contributed by atoms with van der Waals surface area (Å²) in [5.41, 5.74) is 3.25. The third kappa shape index (κ3) is 4.65. The molecule has 2 aliphatic heterocycles. The lowest BCUT2D eigenvalue weighted by atomic mass is 10.1. The molecular weight excluding hydrogens is 409 g/mol. The third-order valence-corrected chi connectivity index (χ3v) is 6.05. The van der Waals surface area contributed by atoms with E-state index < -0.39 is 0 Å². The number of carbonyl (C=O) groups is 1. The predicted octanol–water partition coefficient (Wildman–Crippen LogP) is 2.27. The molecule has 1 aromatic heterocycles. The van der Waals surface area contributed by atoms with Crippen LogP contribution in [0.5, 0.6) is 5.75 Å². The van der Waals surface area contributed by atoms with E-state index in [2.05, 4.69) is 43.2 Å². The first-order chi connectivity index (χ1) is 15.6. The summed E-state index contributed by atoms with van der Waals surface area (Å²) < 4.78 is 21.0. The van der Waals surface area contributed by atoms with Gasteiger partial charge in [0.1, 0.15) is 17.4 Å². The van der Waals surface area contributed by atoms with Gasteiger partial charge in [-0.15, -0.1) is 10.2 Å². The number of halogens is 1. The lowest BCUT2D eigenvalue weighted by Crippen LogP contribution is -2.28. The number of nitrogens with zero attached hydrogens (tertiary/aromatic N) is 4. The highest BCUT2D eigenvalue weighted by Crippen LogP contribution is 2.26. The smallest absolute Gasteiger partial charge is 0.224 e. The minimum Gasteiger partial charge on any atom is -0.493 e. The standard InChI is InChI=1S/C24H26FN5O2/c25-20-3-1-2-17(13-20)14-24(31)26-15-23-28-27-22-6-8-29(9-10-30(22)23)16-18-4-5-21-19(12-18)7-11-32-21/h1-5,12-13H,6-11,14-16H2,(H,26,31). The maximum Gasteiger partial charge on any atom is 0.224 e. The number of carbonyl (C=O) groups excluding carboxylic acids is 1. The molecule has 8 heteroatoms. The van der Waals surface area contributed by atoms with Crippen LogP contribution in [-0.4, -0.2) is 45.3 Å². The molecule has 1 amide bonds. The molecule has 0 spiro atoms. The van der Waals surface area contributed by atoms with Crippen LogP contribution in [0, 0.1) is 5.82 Å². The average Bonchev–Trinajstić information content (AvgIpc) is 3.35. The zero-order chi connectivity index (χ0) is 21.9. The van der Waals surface area contributed by atoms with Crippen LogP contribution in [0.25, 0.3) is 0 Å². The van der Waals surface area contributed by atoms with E-state index in [9.17, 15) is 9.18 Å². The topological polar surface area (TPSA) is 72.3 Å².